The molecule has 0 aliphatic heterocycles. The fourth-order valence-electron chi connectivity index (χ4n) is 2.40. The number of nitrogens with zero attached hydrogens (tertiary/aromatic N) is 1. The molecule has 0 aliphatic rings. The molecule has 0 aliphatic carbocycles. The summed E-state index contributed by atoms with van der Waals surface area (Å²) in [6, 6.07) is 19.1. The van der Waals surface area contributed by atoms with Crippen molar-refractivity contribution < 1.29 is 9.59 Å². The van der Waals surface area contributed by atoms with Gasteiger partial charge in [-0.3, -0.25) is 9.59 Å². The first-order valence-electron chi connectivity index (χ1n) is 7.29. The highest BCUT2D eigenvalue weighted by atomic mass is 32.1. The second-order valence-electron chi connectivity index (χ2n) is 5.16. The standard InChI is InChI=1S/C18H16N2O2S/c19-17(21)10-11-20(14-7-2-1-3-8-14)18(22)16-12-13-6-4-5-9-15(13)23-16/h1-9,12H,10-11H2,(H2,19,21). The second kappa shape index (κ2) is 6.62. The van der Waals surface area contributed by atoms with Gasteiger partial charge < -0.3 is 10.6 Å². The van der Waals surface area contributed by atoms with Gasteiger partial charge in [-0.2, -0.15) is 0 Å². The van der Waals surface area contributed by atoms with Crippen molar-refractivity contribution in [2.45, 2.75) is 6.42 Å². The predicted octanol–water partition coefficient (Wildman–Crippen LogP) is 3.42. The number of carbonyl (C=O) groups excluding carboxylic acids is 2. The molecular formula is C18H16N2O2S. The van der Waals surface area contributed by atoms with Crippen molar-refractivity contribution in [2.24, 2.45) is 5.73 Å². The van der Waals surface area contributed by atoms with Crippen molar-refractivity contribution in [2.75, 3.05) is 11.4 Å². The SMILES string of the molecule is NC(=O)CCN(C(=O)c1cc2ccccc2s1)c1ccccc1. The molecule has 0 saturated carbocycles. The van der Waals surface area contributed by atoms with Gasteiger partial charge in [0.05, 0.1) is 4.88 Å². The van der Waals surface area contributed by atoms with Crippen LogP contribution in [0.3, 0.4) is 0 Å². The molecule has 2 amide bonds. The zero-order valence-electron chi connectivity index (χ0n) is 12.4. The average Bonchev–Trinajstić information content (AvgIpc) is 2.99. The Morgan fingerprint density at radius 3 is 2.39 bits per heavy atom. The Labute approximate surface area is 138 Å². The normalized spacial score (nSPS) is 10.6. The van der Waals surface area contributed by atoms with E-state index in [-0.39, 0.29) is 18.9 Å². The van der Waals surface area contributed by atoms with Crippen LogP contribution in [-0.2, 0) is 4.79 Å². The fraction of sp³-hybridized carbons (Fsp3) is 0.111. The van der Waals surface area contributed by atoms with Gasteiger partial charge in [-0.25, -0.2) is 0 Å². The zero-order chi connectivity index (χ0) is 16.2. The number of hydrogen-bond acceptors (Lipinski definition) is 3. The quantitative estimate of drug-likeness (QED) is 0.781. The Bertz CT molecular complexity index is 809. The van der Waals surface area contributed by atoms with E-state index in [9.17, 15) is 9.59 Å². The third-order valence-corrected chi connectivity index (χ3v) is 4.64. The summed E-state index contributed by atoms with van der Waals surface area (Å²) in [5.41, 5.74) is 6.01. The van der Waals surface area contributed by atoms with Gasteiger partial charge in [-0.15, -0.1) is 11.3 Å². The summed E-state index contributed by atoms with van der Waals surface area (Å²) >= 11 is 1.46. The number of fused-ring (bicyclic) bond motifs is 1. The molecule has 1 aromatic heterocycles. The van der Waals surface area contributed by atoms with Gasteiger partial charge in [0.2, 0.25) is 5.91 Å². The molecule has 0 bridgehead atoms. The van der Waals surface area contributed by atoms with Crippen molar-refractivity contribution in [3.05, 3.63) is 65.5 Å². The molecule has 1 heterocycles. The fourth-order valence-corrected chi connectivity index (χ4v) is 3.41. The number of para-hydroxylation sites is 1. The number of thiophene rings is 1. The Kier molecular flexibility index (Phi) is 4.39. The molecule has 4 nitrogen and oxygen atoms in total. The zero-order valence-corrected chi connectivity index (χ0v) is 13.3. The molecule has 3 rings (SSSR count). The van der Waals surface area contributed by atoms with E-state index in [0.29, 0.717) is 4.88 Å². The highest BCUT2D eigenvalue weighted by Gasteiger charge is 2.20. The van der Waals surface area contributed by atoms with Gasteiger partial charge in [-0.1, -0.05) is 36.4 Å². The van der Waals surface area contributed by atoms with Crippen LogP contribution >= 0.6 is 11.3 Å². The summed E-state index contributed by atoms with van der Waals surface area (Å²) in [4.78, 5) is 26.3. The Morgan fingerprint density at radius 1 is 1.00 bits per heavy atom. The molecule has 23 heavy (non-hydrogen) atoms. The first-order valence-corrected chi connectivity index (χ1v) is 8.10. The van der Waals surface area contributed by atoms with E-state index in [1.807, 2.05) is 60.7 Å². The molecule has 116 valence electrons. The number of carbonyl (C=O) groups is 2. The van der Waals surface area contributed by atoms with E-state index in [4.69, 9.17) is 5.73 Å². The maximum absolute atomic E-state index is 12.9. The number of benzene rings is 2. The van der Waals surface area contributed by atoms with E-state index < -0.39 is 5.91 Å². The smallest absolute Gasteiger partial charge is 0.268 e. The third kappa shape index (κ3) is 3.40. The number of anilines is 1. The molecule has 0 saturated heterocycles. The van der Waals surface area contributed by atoms with E-state index in [2.05, 4.69) is 0 Å². The van der Waals surface area contributed by atoms with E-state index in [1.165, 1.54) is 11.3 Å². The lowest BCUT2D eigenvalue weighted by Crippen LogP contribution is -2.33. The number of primary amides is 1. The van der Waals surface area contributed by atoms with Crippen LogP contribution in [0, 0.1) is 0 Å². The second-order valence-corrected chi connectivity index (χ2v) is 6.24. The van der Waals surface area contributed by atoms with Crippen molar-refractivity contribution >= 4 is 38.9 Å². The van der Waals surface area contributed by atoms with Crippen LogP contribution in [0.5, 0.6) is 0 Å². The maximum Gasteiger partial charge on any atom is 0.268 e. The molecular weight excluding hydrogens is 308 g/mol. The lowest BCUT2D eigenvalue weighted by molar-refractivity contribution is -0.117. The monoisotopic (exact) mass is 324 g/mol. The van der Waals surface area contributed by atoms with Gasteiger partial charge in [0.25, 0.3) is 5.91 Å². The molecule has 0 spiro atoms. The molecule has 0 unspecified atom stereocenters. The van der Waals surface area contributed by atoms with Gasteiger partial charge in [0.15, 0.2) is 0 Å². The van der Waals surface area contributed by atoms with Crippen molar-refractivity contribution in [1.82, 2.24) is 0 Å². The number of amides is 2. The minimum atomic E-state index is -0.421. The molecule has 5 heteroatoms. The van der Waals surface area contributed by atoms with Crippen molar-refractivity contribution in [1.29, 1.82) is 0 Å². The van der Waals surface area contributed by atoms with Crippen LogP contribution < -0.4 is 10.6 Å². The minimum Gasteiger partial charge on any atom is -0.370 e. The lowest BCUT2D eigenvalue weighted by Gasteiger charge is -2.21. The van der Waals surface area contributed by atoms with Gasteiger partial charge in [-0.05, 0) is 29.7 Å². The summed E-state index contributed by atoms with van der Waals surface area (Å²) in [5, 5.41) is 1.05. The number of rotatable bonds is 5. The Hall–Kier alpha value is -2.66. The van der Waals surface area contributed by atoms with E-state index in [1.54, 1.807) is 4.90 Å². The summed E-state index contributed by atoms with van der Waals surface area (Å²) in [6.07, 6.45) is 0.130. The first kappa shape index (κ1) is 15.2. The van der Waals surface area contributed by atoms with Crippen molar-refractivity contribution in [3.63, 3.8) is 0 Å². The lowest BCUT2D eigenvalue weighted by atomic mass is 10.2. The average molecular weight is 324 g/mol. The summed E-state index contributed by atoms with van der Waals surface area (Å²) in [5.74, 6) is -0.534. The first-order chi connectivity index (χ1) is 11.1. The van der Waals surface area contributed by atoms with E-state index in [0.717, 1.165) is 15.8 Å². The number of hydrogen-bond donors (Lipinski definition) is 1. The van der Waals surface area contributed by atoms with E-state index >= 15 is 0 Å². The van der Waals surface area contributed by atoms with Crippen LogP contribution in [-0.4, -0.2) is 18.4 Å². The topological polar surface area (TPSA) is 63.4 Å². The van der Waals surface area contributed by atoms with Crippen LogP contribution in [0.1, 0.15) is 16.1 Å². The van der Waals surface area contributed by atoms with Crippen molar-refractivity contribution in [3.8, 4) is 0 Å². The molecule has 2 aromatic carbocycles. The van der Waals surface area contributed by atoms with Crippen LogP contribution in [0.2, 0.25) is 0 Å². The summed E-state index contributed by atoms with van der Waals surface area (Å²) in [6.45, 7) is 0.270. The summed E-state index contributed by atoms with van der Waals surface area (Å²) in [7, 11) is 0. The Balaban J connectivity index is 1.94. The largest absolute Gasteiger partial charge is 0.370 e. The van der Waals surface area contributed by atoms with Gasteiger partial charge in [0, 0.05) is 23.4 Å². The summed E-state index contributed by atoms with van der Waals surface area (Å²) < 4.78 is 1.07. The Morgan fingerprint density at radius 2 is 1.70 bits per heavy atom. The molecule has 0 atom stereocenters. The van der Waals surface area contributed by atoms with Crippen LogP contribution in [0.15, 0.2) is 60.7 Å². The predicted molar refractivity (Wildman–Crippen MR) is 93.8 cm³/mol. The third-order valence-electron chi connectivity index (χ3n) is 3.53. The molecule has 3 aromatic rings. The van der Waals surface area contributed by atoms with Gasteiger partial charge >= 0.3 is 0 Å². The molecule has 0 fully saturated rings. The highest BCUT2D eigenvalue weighted by molar-refractivity contribution is 7.20. The molecule has 0 radical (unpaired) electrons. The number of nitrogens with two attached hydrogens (primary N) is 1. The highest BCUT2D eigenvalue weighted by Crippen LogP contribution is 2.28. The van der Waals surface area contributed by atoms with Crippen LogP contribution in [0.4, 0.5) is 5.69 Å². The minimum absolute atomic E-state index is 0.112. The maximum atomic E-state index is 12.9. The molecule has 2 N–H and O–H groups in total. The van der Waals surface area contributed by atoms with Crippen LogP contribution in [0.25, 0.3) is 10.1 Å². The van der Waals surface area contributed by atoms with Gasteiger partial charge in [0.1, 0.15) is 0 Å².